The van der Waals surface area contributed by atoms with Crippen molar-refractivity contribution in [3.05, 3.63) is 18.1 Å². The molecule has 4 heteroatoms. The SMILES string of the molecule is Nc1ccnc(CN2CCCCC2)n1. The first-order valence-corrected chi connectivity index (χ1v) is 5.14. The van der Waals surface area contributed by atoms with Crippen LogP contribution in [-0.2, 0) is 6.54 Å². The van der Waals surface area contributed by atoms with Gasteiger partial charge in [0.1, 0.15) is 11.6 Å². The lowest BCUT2D eigenvalue weighted by atomic mass is 10.1. The lowest BCUT2D eigenvalue weighted by molar-refractivity contribution is 0.216. The van der Waals surface area contributed by atoms with E-state index in [1.165, 1.54) is 19.3 Å². The highest BCUT2D eigenvalue weighted by atomic mass is 15.1. The normalized spacial score (nSPS) is 18.3. The highest BCUT2D eigenvalue weighted by molar-refractivity contribution is 5.24. The van der Waals surface area contributed by atoms with Crippen LogP contribution in [0.15, 0.2) is 12.3 Å². The molecule has 2 rings (SSSR count). The van der Waals surface area contributed by atoms with E-state index in [-0.39, 0.29) is 0 Å². The van der Waals surface area contributed by atoms with E-state index >= 15 is 0 Å². The minimum atomic E-state index is 0.562. The second-order valence-corrected chi connectivity index (χ2v) is 3.73. The lowest BCUT2D eigenvalue weighted by Gasteiger charge is -2.25. The Morgan fingerprint density at radius 1 is 1.29 bits per heavy atom. The van der Waals surface area contributed by atoms with Crippen LogP contribution >= 0.6 is 0 Å². The van der Waals surface area contributed by atoms with Crippen LogP contribution in [0.1, 0.15) is 25.1 Å². The van der Waals surface area contributed by atoms with Gasteiger partial charge in [-0.05, 0) is 32.0 Å². The van der Waals surface area contributed by atoms with Crippen molar-refractivity contribution in [2.75, 3.05) is 18.8 Å². The monoisotopic (exact) mass is 192 g/mol. The summed E-state index contributed by atoms with van der Waals surface area (Å²) in [5, 5.41) is 0. The van der Waals surface area contributed by atoms with E-state index in [0.717, 1.165) is 25.5 Å². The van der Waals surface area contributed by atoms with Crippen LogP contribution < -0.4 is 5.73 Å². The van der Waals surface area contributed by atoms with Gasteiger partial charge in [0, 0.05) is 6.20 Å². The molecule has 0 atom stereocenters. The molecule has 0 aromatic carbocycles. The zero-order valence-corrected chi connectivity index (χ0v) is 8.32. The molecular formula is C10H16N4. The number of nitrogen functional groups attached to an aromatic ring is 1. The van der Waals surface area contributed by atoms with Gasteiger partial charge in [0.15, 0.2) is 0 Å². The predicted molar refractivity (Wildman–Crippen MR) is 55.6 cm³/mol. The Morgan fingerprint density at radius 3 is 2.79 bits per heavy atom. The van der Waals surface area contributed by atoms with E-state index in [1.54, 1.807) is 12.3 Å². The van der Waals surface area contributed by atoms with Crippen molar-refractivity contribution >= 4 is 5.82 Å². The first-order valence-electron chi connectivity index (χ1n) is 5.14. The summed E-state index contributed by atoms with van der Waals surface area (Å²) in [6, 6.07) is 1.72. The Balaban J connectivity index is 1.95. The molecule has 2 N–H and O–H groups in total. The van der Waals surface area contributed by atoms with Crippen molar-refractivity contribution in [3.63, 3.8) is 0 Å². The van der Waals surface area contributed by atoms with Crippen LogP contribution in [0, 0.1) is 0 Å². The molecule has 1 aliphatic heterocycles. The number of piperidine rings is 1. The van der Waals surface area contributed by atoms with Crippen molar-refractivity contribution < 1.29 is 0 Å². The van der Waals surface area contributed by atoms with Gasteiger partial charge in [0.05, 0.1) is 6.54 Å². The molecule has 14 heavy (non-hydrogen) atoms. The smallest absolute Gasteiger partial charge is 0.144 e. The van der Waals surface area contributed by atoms with Crippen molar-refractivity contribution in [2.45, 2.75) is 25.8 Å². The zero-order chi connectivity index (χ0) is 9.80. The average Bonchev–Trinajstić information content (AvgIpc) is 2.19. The third-order valence-electron chi connectivity index (χ3n) is 2.54. The second kappa shape index (κ2) is 4.37. The summed E-state index contributed by atoms with van der Waals surface area (Å²) in [5.41, 5.74) is 5.59. The van der Waals surface area contributed by atoms with E-state index in [9.17, 15) is 0 Å². The van der Waals surface area contributed by atoms with Crippen LogP contribution in [0.5, 0.6) is 0 Å². The van der Waals surface area contributed by atoms with Crippen molar-refractivity contribution in [2.24, 2.45) is 0 Å². The van der Waals surface area contributed by atoms with Crippen LogP contribution in [0.4, 0.5) is 5.82 Å². The second-order valence-electron chi connectivity index (χ2n) is 3.73. The summed E-state index contributed by atoms with van der Waals surface area (Å²) in [7, 11) is 0. The Bertz CT molecular complexity index is 294. The first-order chi connectivity index (χ1) is 6.84. The molecule has 0 bridgehead atoms. The quantitative estimate of drug-likeness (QED) is 0.760. The van der Waals surface area contributed by atoms with E-state index in [0.29, 0.717) is 5.82 Å². The standard InChI is InChI=1S/C10H16N4/c11-9-4-5-12-10(13-9)8-14-6-2-1-3-7-14/h4-5H,1-3,6-8H2,(H2,11,12,13). The topological polar surface area (TPSA) is 55.0 Å². The number of anilines is 1. The molecule has 0 amide bonds. The number of hydrogen-bond acceptors (Lipinski definition) is 4. The summed E-state index contributed by atoms with van der Waals surface area (Å²) in [6.07, 6.45) is 5.67. The van der Waals surface area contributed by atoms with Gasteiger partial charge in [-0.1, -0.05) is 6.42 Å². The van der Waals surface area contributed by atoms with Gasteiger partial charge >= 0.3 is 0 Å². The Kier molecular flexibility index (Phi) is 2.93. The highest BCUT2D eigenvalue weighted by Crippen LogP contribution is 2.11. The summed E-state index contributed by atoms with van der Waals surface area (Å²) >= 11 is 0. The van der Waals surface area contributed by atoms with Gasteiger partial charge in [-0.25, -0.2) is 9.97 Å². The van der Waals surface area contributed by atoms with Crippen LogP contribution in [0.25, 0.3) is 0 Å². The van der Waals surface area contributed by atoms with E-state index in [1.807, 2.05) is 0 Å². The van der Waals surface area contributed by atoms with Crippen LogP contribution in [-0.4, -0.2) is 28.0 Å². The molecule has 1 aromatic heterocycles. The van der Waals surface area contributed by atoms with Gasteiger partial charge in [-0.3, -0.25) is 4.90 Å². The van der Waals surface area contributed by atoms with Crippen molar-refractivity contribution in [1.82, 2.24) is 14.9 Å². The summed E-state index contributed by atoms with van der Waals surface area (Å²) < 4.78 is 0. The fourth-order valence-corrected chi connectivity index (χ4v) is 1.81. The largest absolute Gasteiger partial charge is 0.384 e. The molecule has 4 nitrogen and oxygen atoms in total. The summed E-state index contributed by atoms with van der Waals surface area (Å²) in [4.78, 5) is 10.8. The molecule has 76 valence electrons. The molecule has 0 radical (unpaired) electrons. The Hall–Kier alpha value is -1.16. The molecular weight excluding hydrogens is 176 g/mol. The van der Waals surface area contributed by atoms with Crippen LogP contribution in [0.2, 0.25) is 0 Å². The molecule has 0 saturated carbocycles. The number of likely N-dealkylation sites (tertiary alicyclic amines) is 1. The maximum Gasteiger partial charge on any atom is 0.144 e. The van der Waals surface area contributed by atoms with E-state index in [2.05, 4.69) is 14.9 Å². The minimum Gasteiger partial charge on any atom is -0.384 e. The summed E-state index contributed by atoms with van der Waals surface area (Å²) in [5.74, 6) is 1.40. The van der Waals surface area contributed by atoms with E-state index in [4.69, 9.17) is 5.73 Å². The van der Waals surface area contributed by atoms with Gasteiger partial charge in [-0.15, -0.1) is 0 Å². The Labute approximate surface area is 84.2 Å². The van der Waals surface area contributed by atoms with Gasteiger partial charge in [0.25, 0.3) is 0 Å². The maximum absolute atomic E-state index is 5.59. The molecule has 1 saturated heterocycles. The third kappa shape index (κ3) is 2.42. The van der Waals surface area contributed by atoms with Crippen LogP contribution in [0.3, 0.4) is 0 Å². The number of hydrogen-bond donors (Lipinski definition) is 1. The maximum atomic E-state index is 5.59. The predicted octanol–water partition coefficient (Wildman–Crippen LogP) is 1.04. The number of aromatic nitrogens is 2. The molecule has 0 unspecified atom stereocenters. The average molecular weight is 192 g/mol. The highest BCUT2D eigenvalue weighted by Gasteiger charge is 2.11. The number of rotatable bonds is 2. The molecule has 0 aliphatic carbocycles. The number of nitrogens with two attached hydrogens (primary N) is 1. The zero-order valence-electron chi connectivity index (χ0n) is 8.32. The number of nitrogens with zero attached hydrogens (tertiary/aromatic N) is 3. The Morgan fingerprint density at radius 2 is 2.07 bits per heavy atom. The van der Waals surface area contributed by atoms with Crippen molar-refractivity contribution in [1.29, 1.82) is 0 Å². The van der Waals surface area contributed by atoms with Gasteiger partial charge < -0.3 is 5.73 Å². The van der Waals surface area contributed by atoms with Gasteiger partial charge in [0.2, 0.25) is 0 Å². The molecule has 0 spiro atoms. The fraction of sp³-hybridized carbons (Fsp3) is 0.600. The fourth-order valence-electron chi connectivity index (χ4n) is 1.81. The third-order valence-corrected chi connectivity index (χ3v) is 2.54. The van der Waals surface area contributed by atoms with Crippen molar-refractivity contribution in [3.8, 4) is 0 Å². The van der Waals surface area contributed by atoms with E-state index < -0.39 is 0 Å². The minimum absolute atomic E-state index is 0.562. The van der Waals surface area contributed by atoms with Gasteiger partial charge in [-0.2, -0.15) is 0 Å². The lowest BCUT2D eigenvalue weighted by Crippen LogP contribution is -2.29. The molecule has 1 aromatic rings. The molecule has 1 aliphatic rings. The molecule has 1 fully saturated rings. The first kappa shape index (κ1) is 9.40. The molecule has 2 heterocycles. The summed E-state index contributed by atoms with van der Waals surface area (Å²) in [6.45, 7) is 3.17.